The van der Waals surface area contributed by atoms with E-state index < -0.39 is 27.9 Å². The molecule has 1 aromatic heterocycles. The van der Waals surface area contributed by atoms with Gasteiger partial charge in [0.15, 0.2) is 0 Å². The Morgan fingerprint density at radius 1 is 1.11 bits per heavy atom. The zero-order chi connectivity index (χ0) is 20.4. The van der Waals surface area contributed by atoms with E-state index in [1.54, 1.807) is 6.92 Å². The second-order valence-corrected chi connectivity index (χ2v) is 9.17. The van der Waals surface area contributed by atoms with Crippen LogP contribution in [0.4, 0.5) is 5.00 Å². The summed E-state index contributed by atoms with van der Waals surface area (Å²) in [5.74, 6) is -1.99. The third-order valence-electron chi connectivity index (χ3n) is 4.44. The van der Waals surface area contributed by atoms with Gasteiger partial charge in [-0.2, -0.15) is 0 Å². The van der Waals surface area contributed by atoms with Crippen LogP contribution in [0.25, 0.3) is 0 Å². The van der Waals surface area contributed by atoms with E-state index >= 15 is 0 Å². The highest BCUT2D eigenvalue weighted by Crippen LogP contribution is 2.35. The van der Waals surface area contributed by atoms with E-state index in [1.165, 1.54) is 18.5 Å². The van der Waals surface area contributed by atoms with Gasteiger partial charge in [0.25, 0.3) is 0 Å². The van der Waals surface area contributed by atoms with Crippen molar-refractivity contribution in [2.45, 2.75) is 19.8 Å². The molecular weight excluding hydrogens is 396 g/mol. The van der Waals surface area contributed by atoms with E-state index in [0.717, 1.165) is 17.6 Å². The van der Waals surface area contributed by atoms with Crippen LogP contribution >= 0.6 is 11.3 Å². The minimum Gasteiger partial charge on any atom is -0.465 e. The summed E-state index contributed by atoms with van der Waals surface area (Å²) in [7, 11) is -0.838. The number of anilines is 1. The number of amides is 1. The van der Waals surface area contributed by atoms with Gasteiger partial charge in [0.1, 0.15) is 9.88 Å². The molecule has 0 atom stereocenters. The summed E-state index contributed by atoms with van der Waals surface area (Å²) < 4.78 is 33.9. The Labute approximate surface area is 161 Å². The first-order valence-electron chi connectivity index (χ1n) is 8.16. The van der Waals surface area contributed by atoms with Crippen LogP contribution in [0.1, 0.15) is 38.4 Å². The summed E-state index contributed by atoms with van der Waals surface area (Å²) >= 11 is 0.946. The van der Waals surface area contributed by atoms with Gasteiger partial charge in [-0.15, -0.1) is 11.3 Å². The Morgan fingerprint density at radius 3 is 2.15 bits per heavy atom. The highest BCUT2D eigenvalue weighted by atomic mass is 32.2. The van der Waals surface area contributed by atoms with E-state index in [1.807, 2.05) is 0 Å². The van der Waals surface area contributed by atoms with Gasteiger partial charge in [-0.1, -0.05) is 0 Å². The highest BCUT2D eigenvalue weighted by molar-refractivity contribution is 7.88. The van der Waals surface area contributed by atoms with Crippen LogP contribution in [0.2, 0.25) is 0 Å². The molecule has 27 heavy (non-hydrogen) atoms. The molecule has 1 saturated heterocycles. The smallest absolute Gasteiger partial charge is 0.348 e. The van der Waals surface area contributed by atoms with Gasteiger partial charge in [0.2, 0.25) is 15.9 Å². The number of carbonyl (C=O) groups is 3. The number of piperidine rings is 1. The molecule has 11 heteroatoms. The second-order valence-electron chi connectivity index (χ2n) is 6.17. The summed E-state index contributed by atoms with van der Waals surface area (Å²) in [6, 6.07) is 0. The summed E-state index contributed by atoms with van der Waals surface area (Å²) in [5, 5.41) is 2.91. The van der Waals surface area contributed by atoms with Crippen molar-refractivity contribution in [3.63, 3.8) is 0 Å². The van der Waals surface area contributed by atoms with Crippen LogP contribution in [0.15, 0.2) is 0 Å². The Bertz CT molecular complexity index is 852. The summed E-state index contributed by atoms with van der Waals surface area (Å²) in [4.78, 5) is 36.8. The van der Waals surface area contributed by atoms with E-state index in [0.29, 0.717) is 18.4 Å². The van der Waals surface area contributed by atoms with Crippen LogP contribution in [0, 0.1) is 12.8 Å². The number of sulfonamides is 1. The number of ether oxygens (including phenoxy) is 2. The normalized spacial score (nSPS) is 16.0. The van der Waals surface area contributed by atoms with Crippen molar-refractivity contribution in [2.24, 2.45) is 5.92 Å². The van der Waals surface area contributed by atoms with Crippen molar-refractivity contribution in [2.75, 3.05) is 38.9 Å². The molecule has 0 bridgehead atoms. The summed E-state index contributed by atoms with van der Waals surface area (Å²) in [5.41, 5.74) is 0.491. The average Bonchev–Trinajstić information content (AvgIpc) is 2.95. The van der Waals surface area contributed by atoms with Crippen LogP contribution in [0.5, 0.6) is 0 Å². The fourth-order valence-electron chi connectivity index (χ4n) is 2.90. The molecule has 2 heterocycles. The van der Waals surface area contributed by atoms with Crippen LogP contribution in [0.3, 0.4) is 0 Å². The quantitative estimate of drug-likeness (QED) is 0.715. The molecule has 2 rings (SSSR count). The first-order chi connectivity index (χ1) is 12.6. The minimum absolute atomic E-state index is 0.116. The molecule has 0 unspecified atom stereocenters. The molecule has 0 spiro atoms. The van der Waals surface area contributed by atoms with Gasteiger partial charge < -0.3 is 14.8 Å². The zero-order valence-electron chi connectivity index (χ0n) is 15.5. The van der Waals surface area contributed by atoms with Crippen LogP contribution in [-0.2, 0) is 24.3 Å². The van der Waals surface area contributed by atoms with Gasteiger partial charge in [-0.05, 0) is 25.3 Å². The van der Waals surface area contributed by atoms with Gasteiger partial charge in [0.05, 0.1) is 26.0 Å². The number of methoxy groups -OCH3 is 2. The maximum absolute atomic E-state index is 12.6. The van der Waals surface area contributed by atoms with Crippen molar-refractivity contribution in [1.29, 1.82) is 0 Å². The van der Waals surface area contributed by atoms with Gasteiger partial charge in [-0.3, -0.25) is 4.79 Å². The van der Waals surface area contributed by atoms with E-state index in [9.17, 15) is 22.8 Å². The Kier molecular flexibility index (Phi) is 6.60. The van der Waals surface area contributed by atoms with Crippen LogP contribution in [-0.4, -0.2) is 64.1 Å². The molecule has 1 amide bonds. The second kappa shape index (κ2) is 8.36. The van der Waals surface area contributed by atoms with Crippen molar-refractivity contribution in [3.05, 3.63) is 16.0 Å². The Morgan fingerprint density at radius 2 is 1.67 bits per heavy atom. The summed E-state index contributed by atoms with van der Waals surface area (Å²) in [6.45, 7) is 2.10. The molecule has 1 fully saturated rings. The largest absolute Gasteiger partial charge is 0.465 e. The monoisotopic (exact) mass is 418 g/mol. The standard InChI is InChI=1S/C16H22N2O7S2/c1-9-11(15(20)24-2)14(26-12(9)16(21)25-3)17-13(19)10-5-7-18(8-6-10)27(4,22)23/h10H,5-8H2,1-4H3,(H,17,19). The lowest BCUT2D eigenvalue weighted by atomic mass is 9.97. The molecule has 1 aliphatic heterocycles. The Balaban J connectivity index is 2.20. The average molecular weight is 418 g/mol. The highest BCUT2D eigenvalue weighted by Gasteiger charge is 2.31. The number of hydrogen-bond acceptors (Lipinski definition) is 8. The first kappa shape index (κ1) is 21.3. The van der Waals surface area contributed by atoms with Gasteiger partial charge >= 0.3 is 11.9 Å². The lowest BCUT2D eigenvalue weighted by molar-refractivity contribution is -0.120. The summed E-state index contributed by atoms with van der Waals surface area (Å²) in [6.07, 6.45) is 1.89. The lowest BCUT2D eigenvalue weighted by Crippen LogP contribution is -2.40. The maximum atomic E-state index is 12.6. The topological polar surface area (TPSA) is 119 Å². The van der Waals surface area contributed by atoms with Crippen LogP contribution < -0.4 is 5.32 Å². The van der Waals surface area contributed by atoms with Gasteiger partial charge in [0, 0.05) is 19.0 Å². The molecule has 1 N–H and O–H groups in total. The fraction of sp³-hybridized carbons (Fsp3) is 0.562. The Hall–Kier alpha value is -1.98. The number of carbonyl (C=O) groups excluding carboxylic acids is 3. The molecular formula is C16H22N2O7S2. The molecule has 1 aromatic rings. The number of hydrogen-bond donors (Lipinski definition) is 1. The van der Waals surface area contributed by atoms with Gasteiger partial charge in [-0.25, -0.2) is 22.3 Å². The van der Waals surface area contributed by atoms with Crippen molar-refractivity contribution < 1.29 is 32.3 Å². The van der Waals surface area contributed by atoms with E-state index in [-0.39, 0.29) is 34.4 Å². The molecule has 0 saturated carbocycles. The maximum Gasteiger partial charge on any atom is 0.348 e. The van der Waals surface area contributed by atoms with Crippen molar-refractivity contribution in [1.82, 2.24) is 4.31 Å². The van der Waals surface area contributed by atoms with E-state index in [2.05, 4.69) is 5.32 Å². The molecule has 1 aliphatic rings. The van der Waals surface area contributed by atoms with E-state index in [4.69, 9.17) is 9.47 Å². The predicted molar refractivity (Wildman–Crippen MR) is 99.5 cm³/mol. The molecule has 0 aromatic carbocycles. The molecule has 9 nitrogen and oxygen atoms in total. The number of esters is 2. The minimum atomic E-state index is -3.28. The lowest BCUT2D eigenvalue weighted by Gasteiger charge is -2.29. The molecule has 0 aliphatic carbocycles. The number of thiophene rings is 1. The molecule has 0 radical (unpaired) electrons. The SMILES string of the molecule is COC(=O)c1sc(NC(=O)C2CCN(S(C)(=O)=O)CC2)c(C(=O)OC)c1C. The first-order valence-corrected chi connectivity index (χ1v) is 10.8. The van der Waals surface area contributed by atoms with Crippen molar-refractivity contribution >= 4 is 44.2 Å². The number of rotatable bonds is 5. The number of nitrogens with one attached hydrogen (secondary N) is 1. The predicted octanol–water partition coefficient (Wildman–Crippen LogP) is 1.24. The third kappa shape index (κ3) is 4.66. The van der Waals surface area contributed by atoms with Crippen molar-refractivity contribution in [3.8, 4) is 0 Å². The third-order valence-corrected chi connectivity index (χ3v) is 6.93. The number of nitrogens with zero attached hydrogens (tertiary/aromatic N) is 1. The molecule has 150 valence electrons. The zero-order valence-corrected chi connectivity index (χ0v) is 17.2. The fourth-order valence-corrected chi connectivity index (χ4v) is 4.89.